The Labute approximate surface area is 165 Å². The van der Waals surface area contributed by atoms with E-state index in [0.717, 1.165) is 56.0 Å². The summed E-state index contributed by atoms with van der Waals surface area (Å²) >= 11 is 1.56. The number of thiophene rings is 1. The van der Waals surface area contributed by atoms with Gasteiger partial charge in [0, 0.05) is 50.4 Å². The fourth-order valence-electron chi connectivity index (χ4n) is 3.76. The second-order valence-electron chi connectivity index (χ2n) is 7.79. The number of nitriles is 1. The van der Waals surface area contributed by atoms with E-state index in [1.807, 2.05) is 4.90 Å². The summed E-state index contributed by atoms with van der Waals surface area (Å²) < 4.78 is 0. The zero-order valence-corrected chi connectivity index (χ0v) is 17.0. The molecule has 3 rings (SSSR count). The fraction of sp³-hybridized carbons (Fsp3) is 0.650. The highest BCUT2D eigenvalue weighted by molar-refractivity contribution is 7.16. The highest BCUT2D eigenvalue weighted by Gasteiger charge is 2.24. The lowest BCUT2D eigenvalue weighted by atomic mass is 10.1. The molecular weight excluding hydrogens is 360 g/mol. The summed E-state index contributed by atoms with van der Waals surface area (Å²) in [5.74, 6) is 0.582. The SMILES string of the molecule is CC(C)CC(=O)N1CCN(CCC(=O)Nc2sc3c(c2C#N)CCC3)CC1. The Hall–Kier alpha value is -1.91. The number of fused-ring (bicyclic) bond motifs is 1. The van der Waals surface area contributed by atoms with Crippen molar-refractivity contribution in [1.29, 1.82) is 5.26 Å². The van der Waals surface area contributed by atoms with Crippen molar-refractivity contribution in [1.82, 2.24) is 9.80 Å². The molecule has 1 aliphatic heterocycles. The minimum absolute atomic E-state index is 0.0373. The van der Waals surface area contributed by atoms with Gasteiger partial charge in [0.25, 0.3) is 0 Å². The van der Waals surface area contributed by atoms with E-state index in [1.165, 1.54) is 4.88 Å². The molecule has 1 aromatic heterocycles. The lowest BCUT2D eigenvalue weighted by Crippen LogP contribution is -2.49. The molecule has 0 spiro atoms. The van der Waals surface area contributed by atoms with Gasteiger partial charge in [0.2, 0.25) is 11.8 Å². The van der Waals surface area contributed by atoms with Gasteiger partial charge in [0.1, 0.15) is 11.1 Å². The number of nitrogens with one attached hydrogen (secondary N) is 1. The number of hydrogen-bond acceptors (Lipinski definition) is 5. The predicted molar refractivity (Wildman–Crippen MR) is 107 cm³/mol. The van der Waals surface area contributed by atoms with Gasteiger partial charge in [-0.15, -0.1) is 11.3 Å². The monoisotopic (exact) mass is 388 g/mol. The Morgan fingerprint density at radius 2 is 1.96 bits per heavy atom. The number of aryl methyl sites for hydroxylation is 1. The van der Waals surface area contributed by atoms with E-state index in [1.54, 1.807) is 11.3 Å². The minimum atomic E-state index is -0.0373. The largest absolute Gasteiger partial charge is 0.340 e. The molecule has 1 saturated heterocycles. The van der Waals surface area contributed by atoms with Gasteiger partial charge in [0.05, 0.1) is 5.56 Å². The first kappa shape index (κ1) is 19.8. The molecule has 2 aliphatic rings. The van der Waals surface area contributed by atoms with Gasteiger partial charge in [-0.25, -0.2) is 0 Å². The maximum atomic E-state index is 12.3. The Morgan fingerprint density at radius 1 is 1.22 bits per heavy atom. The number of carbonyl (C=O) groups excluding carboxylic acids is 2. The molecule has 1 aromatic rings. The third-order valence-electron chi connectivity index (χ3n) is 5.25. The van der Waals surface area contributed by atoms with Crippen LogP contribution in [0.15, 0.2) is 0 Å². The van der Waals surface area contributed by atoms with Crippen LogP contribution in [-0.4, -0.2) is 54.3 Å². The number of rotatable bonds is 6. The lowest BCUT2D eigenvalue weighted by Gasteiger charge is -2.35. The summed E-state index contributed by atoms with van der Waals surface area (Å²) in [7, 11) is 0. The van der Waals surface area contributed by atoms with E-state index in [-0.39, 0.29) is 11.8 Å². The maximum absolute atomic E-state index is 12.3. The van der Waals surface area contributed by atoms with Crippen molar-refractivity contribution in [2.24, 2.45) is 5.92 Å². The van der Waals surface area contributed by atoms with Gasteiger partial charge in [0.15, 0.2) is 0 Å². The maximum Gasteiger partial charge on any atom is 0.226 e. The van der Waals surface area contributed by atoms with E-state index >= 15 is 0 Å². The normalized spacial score (nSPS) is 17.0. The molecule has 2 heterocycles. The van der Waals surface area contributed by atoms with Crippen LogP contribution in [0.25, 0.3) is 0 Å². The van der Waals surface area contributed by atoms with Crippen LogP contribution in [0.3, 0.4) is 0 Å². The Morgan fingerprint density at radius 3 is 2.63 bits per heavy atom. The van der Waals surface area contributed by atoms with E-state index in [4.69, 9.17) is 0 Å². The van der Waals surface area contributed by atoms with Gasteiger partial charge in [-0.1, -0.05) is 13.8 Å². The summed E-state index contributed by atoms with van der Waals surface area (Å²) in [5, 5.41) is 13.1. The molecule has 1 aliphatic carbocycles. The number of carbonyl (C=O) groups is 2. The zero-order chi connectivity index (χ0) is 19.4. The second-order valence-corrected chi connectivity index (χ2v) is 8.90. The molecule has 1 N–H and O–H groups in total. The summed E-state index contributed by atoms with van der Waals surface area (Å²) in [5.41, 5.74) is 1.80. The van der Waals surface area contributed by atoms with Crippen molar-refractivity contribution in [2.45, 2.75) is 46.0 Å². The highest BCUT2D eigenvalue weighted by Crippen LogP contribution is 2.38. The molecule has 6 nitrogen and oxygen atoms in total. The Balaban J connectivity index is 1.43. The van der Waals surface area contributed by atoms with Gasteiger partial charge < -0.3 is 10.2 Å². The van der Waals surface area contributed by atoms with Crippen molar-refractivity contribution in [3.63, 3.8) is 0 Å². The van der Waals surface area contributed by atoms with Gasteiger partial charge in [-0.2, -0.15) is 5.26 Å². The van der Waals surface area contributed by atoms with Crippen LogP contribution in [0.2, 0.25) is 0 Å². The first-order valence-corrected chi connectivity index (χ1v) is 10.6. The van der Waals surface area contributed by atoms with Crippen molar-refractivity contribution < 1.29 is 9.59 Å². The number of amides is 2. The number of piperazine rings is 1. The van der Waals surface area contributed by atoms with E-state index in [0.29, 0.717) is 30.9 Å². The number of anilines is 1. The fourth-order valence-corrected chi connectivity index (χ4v) is 5.01. The first-order valence-electron chi connectivity index (χ1n) is 9.82. The molecule has 0 saturated carbocycles. The number of nitrogens with zero attached hydrogens (tertiary/aromatic N) is 3. The molecule has 0 radical (unpaired) electrons. The molecule has 0 atom stereocenters. The van der Waals surface area contributed by atoms with Gasteiger partial charge in [-0.05, 0) is 30.7 Å². The van der Waals surface area contributed by atoms with Crippen LogP contribution in [0, 0.1) is 17.2 Å². The third-order valence-corrected chi connectivity index (χ3v) is 6.46. The summed E-state index contributed by atoms with van der Waals surface area (Å²) in [6, 6.07) is 2.26. The zero-order valence-electron chi connectivity index (χ0n) is 16.2. The average Bonchev–Trinajstić information content (AvgIpc) is 3.20. The van der Waals surface area contributed by atoms with Crippen molar-refractivity contribution in [2.75, 3.05) is 38.0 Å². The average molecular weight is 389 g/mol. The van der Waals surface area contributed by atoms with Crippen LogP contribution >= 0.6 is 11.3 Å². The van der Waals surface area contributed by atoms with Crippen molar-refractivity contribution >= 4 is 28.2 Å². The van der Waals surface area contributed by atoms with Crippen LogP contribution in [-0.2, 0) is 22.4 Å². The third kappa shape index (κ3) is 4.88. The summed E-state index contributed by atoms with van der Waals surface area (Å²) in [4.78, 5) is 29.9. The number of hydrogen-bond donors (Lipinski definition) is 1. The molecule has 1 fully saturated rings. The van der Waals surface area contributed by atoms with E-state index in [9.17, 15) is 14.9 Å². The van der Waals surface area contributed by atoms with Crippen LogP contribution < -0.4 is 5.32 Å². The standard InChI is InChI=1S/C20H28N4O2S/c1-14(2)12-19(26)24-10-8-23(9-11-24)7-6-18(25)22-20-16(13-21)15-4-3-5-17(15)27-20/h14H,3-12H2,1-2H3,(H,22,25). The van der Waals surface area contributed by atoms with Crippen LogP contribution in [0.4, 0.5) is 5.00 Å². The minimum Gasteiger partial charge on any atom is -0.340 e. The Bertz CT molecular complexity index is 742. The van der Waals surface area contributed by atoms with E-state index < -0.39 is 0 Å². The Kier molecular flexibility index (Phi) is 6.51. The van der Waals surface area contributed by atoms with Crippen LogP contribution in [0.1, 0.15) is 49.1 Å². The summed E-state index contributed by atoms with van der Waals surface area (Å²) in [6.45, 7) is 7.92. The molecular formula is C20H28N4O2S. The molecule has 2 amide bonds. The highest BCUT2D eigenvalue weighted by atomic mass is 32.1. The molecule has 0 unspecified atom stereocenters. The molecule has 27 heavy (non-hydrogen) atoms. The smallest absolute Gasteiger partial charge is 0.226 e. The quantitative estimate of drug-likeness (QED) is 0.813. The summed E-state index contributed by atoms with van der Waals surface area (Å²) in [6.07, 6.45) is 4.09. The predicted octanol–water partition coefficient (Wildman–Crippen LogP) is 2.63. The van der Waals surface area contributed by atoms with Gasteiger partial charge >= 0.3 is 0 Å². The van der Waals surface area contributed by atoms with Crippen molar-refractivity contribution in [3.05, 3.63) is 16.0 Å². The molecule has 0 aromatic carbocycles. The lowest BCUT2D eigenvalue weighted by molar-refractivity contribution is -0.134. The second kappa shape index (κ2) is 8.85. The molecule has 0 bridgehead atoms. The molecule has 146 valence electrons. The van der Waals surface area contributed by atoms with Crippen LogP contribution in [0.5, 0.6) is 0 Å². The van der Waals surface area contributed by atoms with Crippen molar-refractivity contribution in [3.8, 4) is 6.07 Å². The topological polar surface area (TPSA) is 76.4 Å². The molecule has 7 heteroatoms. The van der Waals surface area contributed by atoms with E-state index in [2.05, 4.69) is 30.1 Å². The van der Waals surface area contributed by atoms with Gasteiger partial charge in [-0.3, -0.25) is 14.5 Å². The first-order chi connectivity index (χ1) is 13.0.